The highest BCUT2D eigenvalue weighted by Crippen LogP contribution is 2.18. The van der Waals surface area contributed by atoms with Gasteiger partial charge in [0.25, 0.3) is 0 Å². The maximum Gasteiger partial charge on any atom is 0.0718 e. The van der Waals surface area contributed by atoms with Crippen molar-refractivity contribution in [3.05, 3.63) is 24.3 Å². The molecule has 0 radical (unpaired) electrons. The Labute approximate surface area is 98.2 Å². The number of nitrogens with two attached hydrogens (primary N) is 1. The number of rotatable bonds is 6. The molecule has 3 heteroatoms. The molecule has 1 unspecified atom stereocenters. The Hall–Kier alpha value is -1.22. The van der Waals surface area contributed by atoms with Crippen LogP contribution in [0.5, 0.6) is 0 Å². The molecule has 0 bridgehead atoms. The summed E-state index contributed by atoms with van der Waals surface area (Å²) in [5.74, 6) is 0. The summed E-state index contributed by atoms with van der Waals surface area (Å²) in [6.07, 6.45) is 1.35. The second kappa shape index (κ2) is 6.38. The minimum Gasteiger partial charge on any atom is -0.399 e. The van der Waals surface area contributed by atoms with Gasteiger partial charge < -0.3 is 15.4 Å². The van der Waals surface area contributed by atoms with E-state index in [1.54, 1.807) is 7.11 Å². The summed E-state index contributed by atoms with van der Waals surface area (Å²) in [6, 6.07) is 8.00. The molecule has 0 amide bonds. The van der Waals surface area contributed by atoms with E-state index in [9.17, 15) is 0 Å². The fourth-order valence-corrected chi connectivity index (χ4v) is 1.70. The zero-order valence-corrected chi connectivity index (χ0v) is 10.4. The third-order valence-electron chi connectivity index (χ3n) is 2.61. The van der Waals surface area contributed by atoms with E-state index in [1.165, 1.54) is 5.69 Å². The normalized spacial score (nSPS) is 12.4. The van der Waals surface area contributed by atoms with Gasteiger partial charge in [-0.05, 0) is 31.5 Å². The van der Waals surface area contributed by atoms with E-state index in [0.717, 1.165) is 25.2 Å². The first kappa shape index (κ1) is 12.8. The lowest BCUT2D eigenvalue weighted by molar-refractivity contribution is 0.123. The van der Waals surface area contributed by atoms with Crippen LogP contribution in [0.2, 0.25) is 0 Å². The number of hydrogen-bond donors (Lipinski definition) is 1. The Balaban J connectivity index is 2.76. The van der Waals surface area contributed by atoms with Crippen molar-refractivity contribution in [2.45, 2.75) is 26.4 Å². The van der Waals surface area contributed by atoms with Crippen molar-refractivity contribution < 1.29 is 4.74 Å². The van der Waals surface area contributed by atoms with E-state index in [4.69, 9.17) is 10.5 Å². The van der Waals surface area contributed by atoms with Gasteiger partial charge in [0, 0.05) is 31.6 Å². The number of ether oxygens (including phenoxy) is 1. The molecule has 0 spiro atoms. The molecule has 1 aromatic rings. The van der Waals surface area contributed by atoms with Crippen LogP contribution in [0, 0.1) is 0 Å². The van der Waals surface area contributed by atoms with Gasteiger partial charge in [-0.1, -0.05) is 13.0 Å². The third-order valence-corrected chi connectivity index (χ3v) is 2.61. The molecule has 0 saturated carbocycles. The highest BCUT2D eigenvalue weighted by molar-refractivity contribution is 5.55. The van der Waals surface area contributed by atoms with Crippen molar-refractivity contribution in [3.8, 4) is 0 Å². The molecule has 0 aromatic heterocycles. The molecule has 0 aliphatic rings. The second-order valence-electron chi connectivity index (χ2n) is 4.09. The summed E-state index contributed by atoms with van der Waals surface area (Å²) in [4.78, 5) is 2.31. The van der Waals surface area contributed by atoms with E-state index in [-0.39, 0.29) is 6.10 Å². The van der Waals surface area contributed by atoms with Crippen molar-refractivity contribution >= 4 is 11.4 Å². The van der Waals surface area contributed by atoms with E-state index in [1.807, 2.05) is 18.2 Å². The number of methoxy groups -OCH3 is 1. The Morgan fingerprint density at radius 2 is 2.19 bits per heavy atom. The van der Waals surface area contributed by atoms with Crippen LogP contribution in [0.3, 0.4) is 0 Å². The monoisotopic (exact) mass is 222 g/mol. The number of anilines is 2. The van der Waals surface area contributed by atoms with Crippen LogP contribution in [-0.4, -0.2) is 26.3 Å². The fourth-order valence-electron chi connectivity index (χ4n) is 1.70. The molecular weight excluding hydrogens is 200 g/mol. The molecule has 0 fully saturated rings. The number of hydrogen-bond acceptors (Lipinski definition) is 3. The molecule has 16 heavy (non-hydrogen) atoms. The van der Waals surface area contributed by atoms with Crippen LogP contribution in [-0.2, 0) is 4.74 Å². The van der Waals surface area contributed by atoms with Crippen LogP contribution in [0.1, 0.15) is 20.3 Å². The molecule has 0 saturated heterocycles. The van der Waals surface area contributed by atoms with Gasteiger partial charge in [0.05, 0.1) is 6.10 Å². The predicted molar refractivity (Wildman–Crippen MR) is 69.8 cm³/mol. The molecule has 90 valence electrons. The summed E-state index contributed by atoms with van der Waals surface area (Å²) in [6.45, 7) is 6.18. The van der Waals surface area contributed by atoms with Gasteiger partial charge in [-0.15, -0.1) is 0 Å². The number of benzene rings is 1. The van der Waals surface area contributed by atoms with E-state index < -0.39 is 0 Å². The molecule has 1 atom stereocenters. The summed E-state index contributed by atoms with van der Waals surface area (Å²) in [5, 5.41) is 0. The van der Waals surface area contributed by atoms with E-state index in [2.05, 4.69) is 24.8 Å². The van der Waals surface area contributed by atoms with Gasteiger partial charge in [-0.2, -0.15) is 0 Å². The summed E-state index contributed by atoms with van der Waals surface area (Å²) < 4.78 is 5.31. The van der Waals surface area contributed by atoms with Crippen molar-refractivity contribution in [3.63, 3.8) is 0 Å². The highest BCUT2D eigenvalue weighted by atomic mass is 16.5. The lowest BCUT2D eigenvalue weighted by Crippen LogP contribution is -2.32. The van der Waals surface area contributed by atoms with Crippen LogP contribution >= 0.6 is 0 Å². The summed E-state index contributed by atoms with van der Waals surface area (Å²) >= 11 is 0. The maximum atomic E-state index is 5.80. The Morgan fingerprint density at radius 3 is 2.75 bits per heavy atom. The van der Waals surface area contributed by atoms with Crippen molar-refractivity contribution in [2.75, 3.05) is 30.8 Å². The van der Waals surface area contributed by atoms with Crippen LogP contribution in [0.4, 0.5) is 11.4 Å². The Morgan fingerprint density at radius 1 is 1.44 bits per heavy atom. The van der Waals surface area contributed by atoms with E-state index >= 15 is 0 Å². The number of nitrogens with zero attached hydrogens (tertiary/aromatic N) is 1. The maximum absolute atomic E-state index is 5.80. The number of nitrogen functional groups attached to an aromatic ring is 1. The molecule has 1 aromatic carbocycles. The first-order valence-electron chi connectivity index (χ1n) is 5.80. The van der Waals surface area contributed by atoms with Gasteiger partial charge in [-0.3, -0.25) is 0 Å². The first-order chi connectivity index (χ1) is 7.67. The Bertz CT molecular complexity index is 315. The highest BCUT2D eigenvalue weighted by Gasteiger charge is 2.09. The smallest absolute Gasteiger partial charge is 0.0718 e. The first-order valence-corrected chi connectivity index (χ1v) is 5.80. The lowest BCUT2D eigenvalue weighted by Gasteiger charge is -2.27. The third kappa shape index (κ3) is 3.74. The van der Waals surface area contributed by atoms with Gasteiger partial charge in [0.15, 0.2) is 0 Å². The molecule has 1 rings (SSSR count). The quantitative estimate of drug-likeness (QED) is 0.752. The summed E-state index contributed by atoms with van der Waals surface area (Å²) in [5.41, 5.74) is 7.78. The zero-order chi connectivity index (χ0) is 12.0. The SMILES string of the molecule is CCCN(CC(C)OC)c1cccc(N)c1. The molecule has 2 N–H and O–H groups in total. The zero-order valence-electron chi connectivity index (χ0n) is 10.4. The van der Waals surface area contributed by atoms with Crippen LogP contribution < -0.4 is 10.6 Å². The Kier molecular flexibility index (Phi) is 5.12. The van der Waals surface area contributed by atoms with Crippen LogP contribution in [0.15, 0.2) is 24.3 Å². The molecule has 0 heterocycles. The topological polar surface area (TPSA) is 38.5 Å². The molecular formula is C13H22N2O. The lowest BCUT2D eigenvalue weighted by atomic mass is 10.2. The molecule has 0 aliphatic carbocycles. The minimum absolute atomic E-state index is 0.230. The predicted octanol–water partition coefficient (Wildman–Crippen LogP) is 2.52. The van der Waals surface area contributed by atoms with E-state index in [0.29, 0.717) is 0 Å². The minimum atomic E-state index is 0.230. The van der Waals surface area contributed by atoms with Gasteiger partial charge in [0.2, 0.25) is 0 Å². The average Bonchev–Trinajstić information content (AvgIpc) is 2.28. The second-order valence-corrected chi connectivity index (χ2v) is 4.09. The van der Waals surface area contributed by atoms with Gasteiger partial charge in [-0.25, -0.2) is 0 Å². The molecule has 3 nitrogen and oxygen atoms in total. The van der Waals surface area contributed by atoms with Gasteiger partial charge >= 0.3 is 0 Å². The van der Waals surface area contributed by atoms with Crippen LogP contribution in [0.25, 0.3) is 0 Å². The van der Waals surface area contributed by atoms with Crippen molar-refractivity contribution in [2.24, 2.45) is 0 Å². The largest absolute Gasteiger partial charge is 0.399 e. The standard InChI is InChI=1S/C13H22N2O/c1-4-8-15(10-11(2)16-3)13-7-5-6-12(14)9-13/h5-7,9,11H,4,8,10,14H2,1-3H3. The molecule has 0 aliphatic heterocycles. The fraction of sp³-hybridized carbons (Fsp3) is 0.538. The van der Waals surface area contributed by atoms with Gasteiger partial charge in [0.1, 0.15) is 0 Å². The van der Waals surface area contributed by atoms with Crippen molar-refractivity contribution in [1.82, 2.24) is 0 Å². The summed E-state index contributed by atoms with van der Waals surface area (Å²) in [7, 11) is 1.74. The average molecular weight is 222 g/mol. The van der Waals surface area contributed by atoms with Crippen molar-refractivity contribution in [1.29, 1.82) is 0 Å².